The maximum absolute atomic E-state index is 11.5. The predicted octanol–water partition coefficient (Wildman–Crippen LogP) is 1.62. The number of benzene rings is 1. The number of hydrogen-bond donors (Lipinski definition) is 2. The largest absolute Gasteiger partial charge is 0.385 e. The molecule has 3 N–H and O–H groups in total. The number of hydrogen-bond acceptors (Lipinski definition) is 3. The quantitative estimate of drug-likeness (QED) is 0.689. The molecule has 0 saturated heterocycles. The molecule has 1 unspecified atom stereocenters. The maximum Gasteiger partial charge on any atom is 0.220 e. The molecule has 1 atom stereocenters. The second kappa shape index (κ2) is 8.66. The Hall–Kier alpha value is -1.39. The van der Waals surface area contributed by atoms with E-state index in [1.54, 1.807) is 7.11 Å². The first-order valence-corrected chi connectivity index (χ1v) is 6.30. The maximum atomic E-state index is 11.5. The molecule has 1 aromatic carbocycles. The lowest BCUT2D eigenvalue weighted by molar-refractivity contribution is -0.121. The van der Waals surface area contributed by atoms with Gasteiger partial charge in [0, 0.05) is 32.7 Å². The Morgan fingerprint density at radius 3 is 2.78 bits per heavy atom. The zero-order valence-electron chi connectivity index (χ0n) is 10.9. The van der Waals surface area contributed by atoms with Gasteiger partial charge < -0.3 is 15.8 Å². The lowest BCUT2D eigenvalue weighted by Crippen LogP contribution is -2.26. The van der Waals surface area contributed by atoms with Gasteiger partial charge in [0.1, 0.15) is 0 Å². The molecule has 100 valence electrons. The van der Waals surface area contributed by atoms with Gasteiger partial charge in [-0.25, -0.2) is 0 Å². The Morgan fingerprint density at radius 1 is 1.39 bits per heavy atom. The number of carbonyl (C=O) groups excluding carboxylic acids is 1. The normalized spacial score (nSPS) is 12.1. The van der Waals surface area contributed by atoms with Crippen molar-refractivity contribution in [1.82, 2.24) is 5.32 Å². The minimum atomic E-state index is -0.0732. The lowest BCUT2D eigenvalue weighted by atomic mass is 10.0. The van der Waals surface area contributed by atoms with Gasteiger partial charge in [-0.15, -0.1) is 0 Å². The van der Waals surface area contributed by atoms with E-state index >= 15 is 0 Å². The van der Waals surface area contributed by atoms with Crippen LogP contribution < -0.4 is 11.1 Å². The van der Waals surface area contributed by atoms with E-state index in [0.29, 0.717) is 26.0 Å². The van der Waals surface area contributed by atoms with Crippen LogP contribution in [0.5, 0.6) is 0 Å². The molecule has 4 nitrogen and oxygen atoms in total. The first-order valence-electron chi connectivity index (χ1n) is 6.30. The van der Waals surface area contributed by atoms with Crippen LogP contribution in [0.15, 0.2) is 30.3 Å². The van der Waals surface area contributed by atoms with E-state index in [-0.39, 0.29) is 11.9 Å². The zero-order chi connectivity index (χ0) is 13.2. The summed E-state index contributed by atoms with van der Waals surface area (Å²) in [6.07, 6.45) is 1.97. The number of carbonyl (C=O) groups is 1. The molecule has 0 heterocycles. The fourth-order valence-electron chi connectivity index (χ4n) is 1.69. The Balaban J connectivity index is 2.18. The lowest BCUT2D eigenvalue weighted by Gasteiger charge is -2.11. The molecule has 0 fully saturated rings. The first-order chi connectivity index (χ1) is 8.74. The average molecular weight is 250 g/mol. The highest BCUT2D eigenvalue weighted by molar-refractivity contribution is 5.75. The van der Waals surface area contributed by atoms with Crippen molar-refractivity contribution in [3.05, 3.63) is 35.9 Å². The number of methoxy groups -OCH3 is 1. The van der Waals surface area contributed by atoms with Gasteiger partial charge in [0.15, 0.2) is 0 Å². The number of nitrogens with one attached hydrogen (secondary N) is 1. The molecular weight excluding hydrogens is 228 g/mol. The molecule has 0 bridgehead atoms. The van der Waals surface area contributed by atoms with Gasteiger partial charge >= 0.3 is 0 Å². The van der Waals surface area contributed by atoms with Crippen LogP contribution in [0.2, 0.25) is 0 Å². The van der Waals surface area contributed by atoms with E-state index in [9.17, 15) is 4.79 Å². The second-order valence-corrected chi connectivity index (χ2v) is 4.25. The van der Waals surface area contributed by atoms with Gasteiger partial charge in [-0.2, -0.15) is 0 Å². The molecule has 18 heavy (non-hydrogen) atoms. The van der Waals surface area contributed by atoms with Crippen molar-refractivity contribution in [2.75, 3.05) is 20.3 Å². The molecule has 0 aromatic heterocycles. The minimum Gasteiger partial charge on any atom is -0.385 e. The van der Waals surface area contributed by atoms with Crippen molar-refractivity contribution in [1.29, 1.82) is 0 Å². The number of amides is 1. The molecule has 1 rings (SSSR count). The van der Waals surface area contributed by atoms with Gasteiger partial charge in [0.2, 0.25) is 5.91 Å². The topological polar surface area (TPSA) is 64.3 Å². The summed E-state index contributed by atoms with van der Waals surface area (Å²) < 4.78 is 4.91. The first kappa shape index (κ1) is 14.7. The highest BCUT2D eigenvalue weighted by Crippen LogP contribution is 2.14. The van der Waals surface area contributed by atoms with Crippen LogP contribution in [-0.2, 0) is 9.53 Å². The van der Waals surface area contributed by atoms with E-state index in [4.69, 9.17) is 10.5 Å². The zero-order valence-corrected chi connectivity index (χ0v) is 10.9. The van der Waals surface area contributed by atoms with Gasteiger partial charge in [-0.05, 0) is 18.4 Å². The molecule has 0 saturated carbocycles. The summed E-state index contributed by atoms with van der Waals surface area (Å²) in [5.41, 5.74) is 7.09. The molecule has 0 spiro atoms. The fourth-order valence-corrected chi connectivity index (χ4v) is 1.69. The van der Waals surface area contributed by atoms with Crippen molar-refractivity contribution >= 4 is 5.91 Å². The molecular formula is C14H22N2O2. The van der Waals surface area contributed by atoms with Crippen molar-refractivity contribution in [2.24, 2.45) is 5.73 Å². The SMILES string of the molecule is COCCCNC(=O)CCC(N)c1ccccc1. The Morgan fingerprint density at radius 2 is 2.11 bits per heavy atom. The van der Waals surface area contributed by atoms with Crippen LogP contribution in [0, 0.1) is 0 Å². The monoisotopic (exact) mass is 250 g/mol. The summed E-state index contributed by atoms with van der Waals surface area (Å²) in [5, 5.41) is 2.85. The van der Waals surface area contributed by atoms with E-state index in [2.05, 4.69) is 5.32 Å². The van der Waals surface area contributed by atoms with Crippen LogP contribution in [0.25, 0.3) is 0 Å². The minimum absolute atomic E-state index is 0.0532. The highest BCUT2D eigenvalue weighted by atomic mass is 16.5. The number of nitrogens with two attached hydrogens (primary N) is 1. The number of ether oxygens (including phenoxy) is 1. The molecule has 1 amide bonds. The Kier molecular flexibility index (Phi) is 7.06. The third kappa shape index (κ3) is 5.80. The Bertz CT molecular complexity index is 341. The van der Waals surface area contributed by atoms with E-state index < -0.39 is 0 Å². The van der Waals surface area contributed by atoms with Crippen LogP contribution in [-0.4, -0.2) is 26.2 Å². The van der Waals surface area contributed by atoms with Crippen LogP contribution in [0.3, 0.4) is 0 Å². The molecule has 0 aliphatic rings. The smallest absolute Gasteiger partial charge is 0.220 e. The van der Waals surface area contributed by atoms with Gasteiger partial charge in [0.25, 0.3) is 0 Å². The standard InChI is InChI=1S/C14H22N2O2/c1-18-11-5-10-16-14(17)9-8-13(15)12-6-3-2-4-7-12/h2-4,6-7,13H,5,8-11,15H2,1H3,(H,16,17). The second-order valence-electron chi connectivity index (χ2n) is 4.25. The predicted molar refractivity (Wildman–Crippen MR) is 72.1 cm³/mol. The summed E-state index contributed by atoms with van der Waals surface area (Å²) in [5.74, 6) is 0.0532. The van der Waals surface area contributed by atoms with Crippen molar-refractivity contribution in [3.63, 3.8) is 0 Å². The summed E-state index contributed by atoms with van der Waals surface area (Å²) in [6.45, 7) is 1.33. The van der Waals surface area contributed by atoms with Crippen LogP contribution in [0.1, 0.15) is 30.9 Å². The molecule has 0 aliphatic carbocycles. The molecule has 4 heteroatoms. The van der Waals surface area contributed by atoms with E-state index in [0.717, 1.165) is 12.0 Å². The summed E-state index contributed by atoms with van der Waals surface area (Å²) in [4.78, 5) is 11.5. The third-order valence-electron chi connectivity index (χ3n) is 2.76. The fraction of sp³-hybridized carbons (Fsp3) is 0.500. The summed E-state index contributed by atoms with van der Waals surface area (Å²) in [7, 11) is 1.65. The summed E-state index contributed by atoms with van der Waals surface area (Å²) in [6, 6.07) is 9.78. The van der Waals surface area contributed by atoms with Crippen molar-refractivity contribution in [2.45, 2.75) is 25.3 Å². The van der Waals surface area contributed by atoms with Gasteiger partial charge in [-0.3, -0.25) is 4.79 Å². The average Bonchev–Trinajstić information content (AvgIpc) is 2.42. The van der Waals surface area contributed by atoms with Crippen LogP contribution in [0.4, 0.5) is 0 Å². The number of rotatable bonds is 8. The van der Waals surface area contributed by atoms with Crippen molar-refractivity contribution in [3.8, 4) is 0 Å². The summed E-state index contributed by atoms with van der Waals surface area (Å²) >= 11 is 0. The molecule has 1 aromatic rings. The van der Waals surface area contributed by atoms with Gasteiger partial charge in [-0.1, -0.05) is 30.3 Å². The third-order valence-corrected chi connectivity index (χ3v) is 2.76. The van der Waals surface area contributed by atoms with E-state index in [1.807, 2.05) is 30.3 Å². The molecule has 0 aliphatic heterocycles. The van der Waals surface area contributed by atoms with Crippen molar-refractivity contribution < 1.29 is 9.53 Å². The molecule has 0 radical (unpaired) electrons. The van der Waals surface area contributed by atoms with Gasteiger partial charge in [0.05, 0.1) is 0 Å². The highest BCUT2D eigenvalue weighted by Gasteiger charge is 2.08. The Labute approximate surface area is 109 Å². The van der Waals surface area contributed by atoms with Crippen LogP contribution >= 0.6 is 0 Å². The van der Waals surface area contributed by atoms with E-state index in [1.165, 1.54) is 0 Å².